The zero-order chi connectivity index (χ0) is 13.7. The first-order chi connectivity index (χ1) is 9.72. The monoisotopic (exact) mass is 272 g/mol. The summed E-state index contributed by atoms with van der Waals surface area (Å²) in [5.41, 5.74) is 4.63. The molecule has 102 valence electrons. The standard InChI is InChI=1S/C13H12N4O3/c1-7-4-11(18)14-13-16-15-12(17(7)13)8-2-3-9-10(5-8)20-6-19-9/h2-5,13,16H,6H2,1H3,(H,14,18). The predicted octanol–water partition coefficient (Wildman–Crippen LogP) is 0.299. The molecule has 1 aromatic carbocycles. The maximum absolute atomic E-state index is 11.5. The van der Waals surface area contributed by atoms with Gasteiger partial charge in [0.2, 0.25) is 12.7 Å². The van der Waals surface area contributed by atoms with Crippen LogP contribution in [0.1, 0.15) is 12.5 Å². The van der Waals surface area contributed by atoms with Crippen LogP contribution in [0.5, 0.6) is 11.5 Å². The van der Waals surface area contributed by atoms with Crippen LogP contribution in [-0.2, 0) is 4.79 Å². The van der Waals surface area contributed by atoms with Gasteiger partial charge in [-0.05, 0) is 25.1 Å². The Bertz CT molecular complexity index is 668. The Morgan fingerprint density at radius 2 is 2.20 bits per heavy atom. The molecule has 3 aliphatic heterocycles. The molecule has 0 fully saturated rings. The molecule has 20 heavy (non-hydrogen) atoms. The Labute approximate surface area is 114 Å². The number of fused-ring (bicyclic) bond motifs is 2. The molecule has 1 amide bonds. The fourth-order valence-electron chi connectivity index (χ4n) is 2.50. The van der Waals surface area contributed by atoms with Gasteiger partial charge in [-0.3, -0.25) is 15.1 Å². The fraction of sp³-hybridized carbons (Fsp3) is 0.231. The van der Waals surface area contributed by atoms with Crippen LogP contribution in [0.4, 0.5) is 0 Å². The number of amides is 1. The summed E-state index contributed by atoms with van der Waals surface area (Å²) in [7, 11) is 0. The van der Waals surface area contributed by atoms with Crippen molar-refractivity contribution in [1.82, 2.24) is 15.6 Å². The second kappa shape index (κ2) is 3.89. The Balaban J connectivity index is 1.72. The van der Waals surface area contributed by atoms with Gasteiger partial charge in [0.15, 0.2) is 23.6 Å². The third kappa shape index (κ3) is 1.52. The van der Waals surface area contributed by atoms with Crippen LogP contribution in [0.15, 0.2) is 35.1 Å². The molecule has 0 bridgehead atoms. The number of amidine groups is 1. The van der Waals surface area contributed by atoms with Crippen molar-refractivity contribution >= 4 is 11.7 Å². The number of hydrogen-bond donors (Lipinski definition) is 2. The first kappa shape index (κ1) is 11.2. The van der Waals surface area contributed by atoms with Gasteiger partial charge in [0, 0.05) is 17.3 Å². The van der Waals surface area contributed by atoms with Gasteiger partial charge in [0.05, 0.1) is 0 Å². The minimum Gasteiger partial charge on any atom is -0.454 e. The smallest absolute Gasteiger partial charge is 0.248 e. The van der Waals surface area contributed by atoms with E-state index >= 15 is 0 Å². The summed E-state index contributed by atoms with van der Waals surface area (Å²) in [5, 5.41) is 7.09. The number of allylic oxidation sites excluding steroid dienone is 1. The Hall–Kier alpha value is -2.70. The van der Waals surface area contributed by atoms with Crippen molar-refractivity contribution in [3.63, 3.8) is 0 Å². The summed E-state index contributed by atoms with van der Waals surface area (Å²) in [6.45, 7) is 2.12. The van der Waals surface area contributed by atoms with Gasteiger partial charge >= 0.3 is 0 Å². The molecule has 7 nitrogen and oxygen atoms in total. The molecule has 0 saturated heterocycles. The van der Waals surface area contributed by atoms with Gasteiger partial charge in [-0.1, -0.05) is 0 Å². The highest BCUT2D eigenvalue weighted by molar-refractivity contribution is 6.03. The minimum atomic E-state index is -0.340. The first-order valence-electron chi connectivity index (χ1n) is 6.24. The van der Waals surface area contributed by atoms with Crippen LogP contribution < -0.4 is 20.2 Å². The number of nitrogens with one attached hydrogen (secondary N) is 2. The van der Waals surface area contributed by atoms with Gasteiger partial charge in [-0.15, -0.1) is 0 Å². The third-order valence-electron chi connectivity index (χ3n) is 3.41. The van der Waals surface area contributed by atoms with Crippen LogP contribution in [-0.4, -0.2) is 29.7 Å². The number of hydrazone groups is 1. The van der Waals surface area contributed by atoms with Gasteiger partial charge in [-0.25, -0.2) is 0 Å². The fourth-order valence-corrected chi connectivity index (χ4v) is 2.50. The Kier molecular flexibility index (Phi) is 2.17. The van der Waals surface area contributed by atoms with Crippen molar-refractivity contribution in [3.05, 3.63) is 35.5 Å². The van der Waals surface area contributed by atoms with E-state index in [9.17, 15) is 4.79 Å². The highest BCUT2D eigenvalue weighted by Crippen LogP contribution is 2.33. The molecule has 7 heteroatoms. The zero-order valence-corrected chi connectivity index (χ0v) is 10.7. The van der Waals surface area contributed by atoms with Crippen molar-refractivity contribution < 1.29 is 14.3 Å². The first-order valence-corrected chi connectivity index (χ1v) is 6.24. The quantitative estimate of drug-likeness (QED) is 0.769. The molecule has 0 saturated carbocycles. The lowest BCUT2D eigenvalue weighted by molar-refractivity contribution is -0.118. The van der Waals surface area contributed by atoms with Crippen molar-refractivity contribution in [2.75, 3.05) is 6.79 Å². The number of hydrogen-bond acceptors (Lipinski definition) is 6. The van der Waals surface area contributed by atoms with Crippen molar-refractivity contribution in [1.29, 1.82) is 0 Å². The van der Waals surface area contributed by atoms with Crippen LogP contribution >= 0.6 is 0 Å². The zero-order valence-electron chi connectivity index (χ0n) is 10.7. The maximum Gasteiger partial charge on any atom is 0.248 e. The number of carbonyl (C=O) groups excluding carboxylic acids is 1. The van der Waals surface area contributed by atoms with Gasteiger partial charge in [0.1, 0.15) is 0 Å². The average Bonchev–Trinajstić information content (AvgIpc) is 3.03. The molecule has 3 aliphatic rings. The highest BCUT2D eigenvalue weighted by Gasteiger charge is 2.34. The van der Waals surface area contributed by atoms with Crippen LogP contribution in [0, 0.1) is 0 Å². The van der Waals surface area contributed by atoms with Crippen LogP contribution in [0.2, 0.25) is 0 Å². The molecule has 4 rings (SSSR count). The van der Waals surface area contributed by atoms with E-state index in [1.165, 1.54) is 0 Å². The molecule has 1 atom stereocenters. The molecule has 3 heterocycles. The van der Waals surface area contributed by atoms with Crippen LogP contribution in [0.3, 0.4) is 0 Å². The summed E-state index contributed by atoms with van der Waals surface area (Å²) >= 11 is 0. The van der Waals surface area contributed by atoms with E-state index in [1.54, 1.807) is 6.08 Å². The van der Waals surface area contributed by atoms with E-state index < -0.39 is 0 Å². The molecular formula is C13H12N4O3. The van der Waals surface area contributed by atoms with E-state index in [1.807, 2.05) is 30.0 Å². The van der Waals surface area contributed by atoms with Gasteiger partial charge in [-0.2, -0.15) is 5.10 Å². The highest BCUT2D eigenvalue weighted by atomic mass is 16.7. The molecule has 0 aliphatic carbocycles. The average molecular weight is 272 g/mol. The number of carbonyl (C=O) groups is 1. The minimum absolute atomic E-state index is 0.126. The van der Waals surface area contributed by atoms with Crippen LogP contribution in [0.25, 0.3) is 0 Å². The van der Waals surface area contributed by atoms with Crippen molar-refractivity contribution in [2.45, 2.75) is 13.2 Å². The summed E-state index contributed by atoms with van der Waals surface area (Å²) in [5.74, 6) is 2.05. The van der Waals surface area contributed by atoms with Crippen molar-refractivity contribution in [3.8, 4) is 11.5 Å². The lowest BCUT2D eigenvalue weighted by Gasteiger charge is -2.31. The van der Waals surface area contributed by atoms with E-state index in [2.05, 4.69) is 15.8 Å². The SMILES string of the molecule is CC1=CC(=O)NC2NN=C(c3ccc4c(c3)OCO4)N12. The largest absolute Gasteiger partial charge is 0.454 e. The lowest BCUT2D eigenvalue weighted by Crippen LogP contribution is -2.54. The van der Waals surface area contributed by atoms with E-state index in [4.69, 9.17) is 9.47 Å². The summed E-state index contributed by atoms with van der Waals surface area (Å²) in [6.07, 6.45) is 1.21. The van der Waals surface area contributed by atoms with Gasteiger partial charge in [0.25, 0.3) is 0 Å². The second-order valence-corrected chi connectivity index (χ2v) is 4.70. The van der Waals surface area contributed by atoms with E-state index in [0.717, 1.165) is 22.8 Å². The lowest BCUT2D eigenvalue weighted by atomic mass is 10.1. The molecule has 1 unspecified atom stereocenters. The molecule has 1 aromatic rings. The molecule has 0 radical (unpaired) electrons. The molecule has 0 spiro atoms. The molecular weight excluding hydrogens is 260 g/mol. The number of benzene rings is 1. The third-order valence-corrected chi connectivity index (χ3v) is 3.41. The number of ether oxygens (including phenoxy) is 2. The normalized spacial score (nSPS) is 22.8. The number of rotatable bonds is 1. The number of nitrogens with zero attached hydrogens (tertiary/aromatic N) is 2. The Morgan fingerprint density at radius 1 is 1.35 bits per heavy atom. The summed E-state index contributed by atoms with van der Waals surface area (Å²) in [6, 6.07) is 5.66. The van der Waals surface area contributed by atoms with Gasteiger partial charge < -0.3 is 14.8 Å². The summed E-state index contributed by atoms with van der Waals surface area (Å²) < 4.78 is 10.7. The summed E-state index contributed by atoms with van der Waals surface area (Å²) in [4.78, 5) is 13.4. The Morgan fingerprint density at radius 3 is 3.10 bits per heavy atom. The molecule has 0 aromatic heterocycles. The predicted molar refractivity (Wildman–Crippen MR) is 69.8 cm³/mol. The topological polar surface area (TPSA) is 75.2 Å². The maximum atomic E-state index is 11.5. The molecule has 2 N–H and O–H groups in total. The van der Waals surface area contributed by atoms with E-state index in [0.29, 0.717) is 5.75 Å². The second-order valence-electron chi connectivity index (χ2n) is 4.70. The van der Waals surface area contributed by atoms with E-state index in [-0.39, 0.29) is 19.0 Å². The van der Waals surface area contributed by atoms with Crippen molar-refractivity contribution in [2.24, 2.45) is 5.10 Å².